The summed E-state index contributed by atoms with van der Waals surface area (Å²) in [5, 5.41) is 1.98. The van der Waals surface area contributed by atoms with Gasteiger partial charge in [-0.05, 0) is 36.8 Å². The Morgan fingerprint density at radius 2 is 2.24 bits per heavy atom. The summed E-state index contributed by atoms with van der Waals surface area (Å²) >= 11 is 1.55. The molecule has 4 heteroatoms. The summed E-state index contributed by atoms with van der Waals surface area (Å²) < 4.78 is 0. The summed E-state index contributed by atoms with van der Waals surface area (Å²) in [5.74, 6) is 0.920. The van der Waals surface area contributed by atoms with Gasteiger partial charge in [0.25, 0.3) is 5.91 Å². The Morgan fingerprint density at radius 1 is 1.29 bits per heavy atom. The highest BCUT2D eigenvalue weighted by Gasteiger charge is 2.28. The van der Waals surface area contributed by atoms with Crippen LogP contribution in [0.25, 0.3) is 0 Å². The smallest absolute Gasteiger partial charge is 0.263 e. The average Bonchev–Trinajstić information content (AvgIpc) is 2.83. The zero-order valence-electron chi connectivity index (χ0n) is 9.97. The van der Waals surface area contributed by atoms with Gasteiger partial charge >= 0.3 is 0 Å². The minimum Gasteiger partial charge on any atom is -0.336 e. The molecule has 3 nitrogen and oxygen atoms in total. The van der Waals surface area contributed by atoms with Crippen LogP contribution in [0.1, 0.15) is 22.5 Å². The van der Waals surface area contributed by atoms with Gasteiger partial charge in [0.15, 0.2) is 0 Å². The summed E-state index contributed by atoms with van der Waals surface area (Å²) in [6.07, 6.45) is 2.58. The summed E-state index contributed by atoms with van der Waals surface area (Å²) in [6, 6.07) is 3.89. The Labute approximate surface area is 106 Å². The quantitative estimate of drug-likeness (QED) is 0.760. The first-order chi connectivity index (χ1) is 8.33. The number of rotatable bonds is 1. The minimum atomic E-state index is 0.230. The van der Waals surface area contributed by atoms with E-state index in [0.717, 1.165) is 24.5 Å². The van der Waals surface area contributed by atoms with Gasteiger partial charge in [0.2, 0.25) is 0 Å². The molecule has 3 heterocycles. The summed E-state index contributed by atoms with van der Waals surface area (Å²) in [5.41, 5.74) is 0. The Bertz CT molecular complexity index is 390. The number of piperidine rings is 1. The van der Waals surface area contributed by atoms with Crippen LogP contribution in [0.15, 0.2) is 17.5 Å². The zero-order valence-corrected chi connectivity index (χ0v) is 10.8. The van der Waals surface area contributed by atoms with Crippen LogP contribution < -0.4 is 0 Å². The Hall–Kier alpha value is -0.870. The van der Waals surface area contributed by atoms with Crippen molar-refractivity contribution in [3.05, 3.63) is 22.4 Å². The molecular formula is C13H18N2OS. The third kappa shape index (κ3) is 2.38. The molecular weight excluding hydrogens is 232 g/mol. The van der Waals surface area contributed by atoms with Crippen LogP contribution in [-0.4, -0.2) is 48.4 Å². The highest BCUT2D eigenvalue weighted by molar-refractivity contribution is 7.12. The Balaban J connectivity index is 1.73. The predicted molar refractivity (Wildman–Crippen MR) is 69.4 cm³/mol. The fraction of sp³-hybridized carbons (Fsp3) is 0.615. The van der Waals surface area contributed by atoms with Gasteiger partial charge in [0.05, 0.1) is 4.88 Å². The molecule has 2 saturated heterocycles. The lowest BCUT2D eigenvalue weighted by molar-refractivity contribution is 0.0751. The van der Waals surface area contributed by atoms with Crippen molar-refractivity contribution in [1.82, 2.24) is 9.80 Å². The van der Waals surface area contributed by atoms with Crippen LogP contribution in [0.3, 0.4) is 0 Å². The van der Waals surface area contributed by atoms with Gasteiger partial charge in [-0.2, -0.15) is 0 Å². The number of carbonyl (C=O) groups excluding carboxylic acids is 1. The second kappa shape index (κ2) is 4.78. The average molecular weight is 250 g/mol. The lowest BCUT2D eigenvalue weighted by atomic mass is 9.98. The monoisotopic (exact) mass is 250 g/mol. The number of hydrogen-bond donors (Lipinski definition) is 0. The molecule has 17 heavy (non-hydrogen) atoms. The molecule has 1 aromatic heterocycles. The van der Waals surface area contributed by atoms with Crippen LogP contribution in [-0.2, 0) is 0 Å². The zero-order chi connectivity index (χ0) is 11.7. The van der Waals surface area contributed by atoms with E-state index in [2.05, 4.69) is 9.80 Å². The molecule has 0 aliphatic carbocycles. The molecule has 3 rings (SSSR count). The standard InChI is InChI=1S/C13H18N2OS/c16-13(12-4-2-8-17-12)15-7-6-14-5-1-3-11(9-14)10-15/h2,4,8,11H,1,3,5-7,9-10H2. The number of thiophene rings is 1. The van der Waals surface area contributed by atoms with Gasteiger partial charge in [-0.25, -0.2) is 0 Å². The fourth-order valence-corrected chi connectivity index (χ4v) is 3.60. The summed E-state index contributed by atoms with van der Waals surface area (Å²) in [6.45, 7) is 5.31. The van der Waals surface area contributed by atoms with Crippen molar-refractivity contribution in [2.24, 2.45) is 5.92 Å². The molecule has 2 aliphatic heterocycles. The van der Waals surface area contributed by atoms with Crippen molar-refractivity contribution in [1.29, 1.82) is 0 Å². The summed E-state index contributed by atoms with van der Waals surface area (Å²) in [4.78, 5) is 17.8. The maximum Gasteiger partial charge on any atom is 0.263 e. The fourth-order valence-electron chi connectivity index (χ4n) is 2.91. The normalized spacial score (nSPS) is 28.8. The second-order valence-corrected chi connectivity index (χ2v) is 5.99. The molecule has 92 valence electrons. The first kappa shape index (κ1) is 11.2. The van der Waals surface area contributed by atoms with Gasteiger partial charge in [-0.1, -0.05) is 6.07 Å². The van der Waals surface area contributed by atoms with E-state index >= 15 is 0 Å². The second-order valence-electron chi connectivity index (χ2n) is 5.04. The third-order valence-electron chi connectivity index (χ3n) is 3.79. The Kier molecular flexibility index (Phi) is 3.16. The Morgan fingerprint density at radius 3 is 3.06 bits per heavy atom. The maximum atomic E-state index is 12.3. The number of amides is 1. The molecule has 2 aliphatic rings. The first-order valence-corrected chi connectivity index (χ1v) is 7.26. The van der Waals surface area contributed by atoms with Gasteiger partial charge in [0, 0.05) is 26.2 Å². The van der Waals surface area contributed by atoms with Crippen LogP contribution in [0, 0.1) is 5.92 Å². The maximum absolute atomic E-state index is 12.3. The first-order valence-electron chi connectivity index (χ1n) is 6.38. The SMILES string of the molecule is O=C(c1cccs1)N1CCN2CCCC(C2)C1. The van der Waals surface area contributed by atoms with Crippen LogP contribution >= 0.6 is 11.3 Å². The molecule has 0 aromatic carbocycles. The molecule has 0 spiro atoms. The van der Waals surface area contributed by atoms with E-state index in [9.17, 15) is 4.79 Å². The highest BCUT2D eigenvalue weighted by atomic mass is 32.1. The molecule has 2 unspecified atom stereocenters. The summed E-state index contributed by atoms with van der Waals surface area (Å²) in [7, 11) is 0. The lowest BCUT2D eigenvalue weighted by Crippen LogP contribution is -2.35. The van der Waals surface area contributed by atoms with Crippen molar-refractivity contribution >= 4 is 17.2 Å². The van der Waals surface area contributed by atoms with Crippen molar-refractivity contribution < 1.29 is 4.79 Å². The van der Waals surface area contributed by atoms with Gasteiger partial charge < -0.3 is 9.80 Å². The third-order valence-corrected chi connectivity index (χ3v) is 4.64. The van der Waals surface area contributed by atoms with E-state index in [4.69, 9.17) is 0 Å². The van der Waals surface area contributed by atoms with Gasteiger partial charge in [-0.3, -0.25) is 4.79 Å². The van der Waals surface area contributed by atoms with Crippen molar-refractivity contribution in [2.75, 3.05) is 32.7 Å². The van der Waals surface area contributed by atoms with E-state index in [1.165, 1.54) is 25.9 Å². The largest absolute Gasteiger partial charge is 0.336 e. The van der Waals surface area contributed by atoms with Gasteiger partial charge in [-0.15, -0.1) is 11.3 Å². The number of nitrogens with zero attached hydrogens (tertiary/aromatic N) is 2. The van der Waals surface area contributed by atoms with E-state index in [1.54, 1.807) is 11.3 Å². The van der Waals surface area contributed by atoms with Crippen LogP contribution in [0.2, 0.25) is 0 Å². The predicted octanol–water partition coefficient (Wildman–Crippen LogP) is 1.92. The van der Waals surface area contributed by atoms with Crippen LogP contribution in [0.4, 0.5) is 0 Å². The van der Waals surface area contributed by atoms with Crippen molar-refractivity contribution in [3.63, 3.8) is 0 Å². The van der Waals surface area contributed by atoms with Crippen LogP contribution in [0.5, 0.6) is 0 Å². The van der Waals surface area contributed by atoms with E-state index in [1.807, 2.05) is 17.5 Å². The van der Waals surface area contributed by atoms with E-state index < -0.39 is 0 Å². The number of carbonyl (C=O) groups is 1. The van der Waals surface area contributed by atoms with Crippen molar-refractivity contribution in [3.8, 4) is 0 Å². The van der Waals surface area contributed by atoms with Gasteiger partial charge in [0.1, 0.15) is 0 Å². The van der Waals surface area contributed by atoms with E-state index in [0.29, 0.717) is 5.92 Å². The molecule has 0 radical (unpaired) electrons. The molecule has 1 aromatic rings. The minimum absolute atomic E-state index is 0.230. The molecule has 0 N–H and O–H groups in total. The molecule has 2 fully saturated rings. The van der Waals surface area contributed by atoms with Crippen molar-refractivity contribution in [2.45, 2.75) is 12.8 Å². The molecule has 2 atom stereocenters. The molecule has 0 saturated carbocycles. The number of hydrogen-bond acceptors (Lipinski definition) is 3. The molecule has 1 amide bonds. The highest BCUT2D eigenvalue weighted by Crippen LogP contribution is 2.22. The topological polar surface area (TPSA) is 23.6 Å². The van der Waals surface area contributed by atoms with E-state index in [-0.39, 0.29) is 5.91 Å². The lowest BCUT2D eigenvalue weighted by Gasteiger charge is -2.29. The number of fused-ring (bicyclic) bond motifs is 2. The molecule has 2 bridgehead atoms.